The molecule has 1 aliphatic heterocycles. The maximum Gasteiger partial charge on any atom is 0.333 e. The zero-order valence-corrected chi connectivity index (χ0v) is 11.4. The first-order valence-electron chi connectivity index (χ1n) is 6.26. The first kappa shape index (κ1) is 15.4. The second-order valence-electron chi connectivity index (χ2n) is 4.45. The van der Waals surface area contributed by atoms with Crippen LogP contribution in [-0.2, 0) is 23.8 Å². The van der Waals surface area contributed by atoms with Crippen molar-refractivity contribution in [3.05, 3.63) is 23.8 Å². The number of allylic oxidation sites excluding steroid dienone is 1. The summed E-state index contributed by atoms with van der Waals surface area (Å²) in [5, 5.41) is 0. The van der Waals surface area contributed by atoms with E-state index in [1.165, 1.54) is 7.11 Å². The van der Waals surface area contributed by atoms with Gasteiger partial charge in [0.25, 0.3) is 0 Å². The van der Waals surface area contributed by atoms with Crippen molar-refractivity contribution in [1.82, 2.24) is 0 Å². The molecule has 1 fully saturated rings. The number of hydrogen-bond donors (Lipinski definition) is 0. The molecular formula is C14H20O5. The van der Waals surface area contributed by atoms with Crippen LogP contribution in [0.1, 0.15) is 26.2 Å². The summed E-state index contributed by atoms with van der Waals surface area (Å²) < 4.78 is 14.2. The molecule has 5 heteroatoms. The van der Waals surface area contributed by atoms with E-state index in [1.54, 1.807) is 6.92 Å². The lowest BCUT2D eigenvalue weighted by molar-refractivity contribution is -0.139. The Labute approximate surface area is 113 Å². The van der Waals surface area contributed by atoms with Gasteiger partial charge in [-0.05, 0) is 26.2 Å². The number of hydrogen-bond acceptors (Lipinski definition) is 5. The molecule has 0 amide bonds. The number of rotatable bonds is 4. The topological polar surface area (TPSA) is 65.1 Å². The third kappa shape index (κ3) is 6.20. The van der Waals surface area contributed by atoms with Crippen LogP contribution in [0, 0.1) is 0 Å². The normalized spacial score (nSPS) is 19.7. The highest BCUT2D eigenvalue weighted by Crippen LogP contribution is 2.19. The van der Waals surface area contributed by atoms with E-state index < -0.39 is 0 Å². The molecule has 1 unspecified atom stereocenters. The lowest BCUT2D eigenvalue weighted by Crippen LogP contribution is -2.10. The van der Waals surface area contributed by atoms with Gasteiger partial charge in [0.05, 0.1) is 13.7 Å². The highest BCUT2D eigenvalue weighted by Gasteiger charge is 2.25. The van der Waals surface area contributed by atoms with Crippen molar-refractivity contribution < 1.29 is 23.8 Å². The first-order valence-corrected chi connectivity index (χ1v) is 6.26. The fourth-order valence-corrected chi connectivity index (χ4v) is 1.46. The van der Waals surface area contributed by atoms with E-state index in [2.05, 4.69) is 11.3 Å². The van der Waals surface area contributed by atoms with Crippen molar-refractivity contribution in [1.29, 1.82) is 0 Å². The van der Waals surface area contributed by atoms with Gasteiger partial charge in [0.15, 0.2) is 0 Å². The van der Waals surface area contributed by atoms with E-state index in [0.717, 1.165) is 31.4 Å². The van der Waals surface area contributed by atoms with E-state index in [1.807, 2.05) is 6.08 Å². The van der Waals surface area contributed by atoms with Crippen LogP contribution in [-0.4, -0.2) is 38.4 Å². The fourth-order valence-electron chi connectivity index (χ4n) is 1.46. The van der Waals surface area contributed by atoms with Crippen molar-refractivity contribution in [3.63, 3.8) is 0 Å². The van der Waals surface area contributed by atoms with E-state index >= 15 is 0 Å². The van der Waals surface area contributed by atoms with Gasteiger partial charge in [-0.3, -0.25) is 0 Å². The van der Waals surface area contributed by atoms with Crippen molar-refractivity contribution in [2.24, 2.45) is 0 Å². The molecule has 19 heavy (non-hydrogen) atoms. The number of epoxide rings is 1. The van der Waals surface area contributed by atoms with Crippen LogP contribution < -0.4 is 0 Å². The number of carbonyl (C=O) groups excluding carboxylic acids is 2. The summed E-state index contributed by atoms with van der Waals surface area (Å²) in [5.41, 5.74) is 1.28. The summed E-state index contributed by atoms with van der Waals surface area (Å²) in [6, 6.07) is 0. The van der Waals surface area contributed by atoms with Crippen molar-refractivity contribution in [2.45, 2.75) is 32.3 Å². The van der Waals surface area contributed by atoms with Gasteiger partial charge in [-0.15, -0.1) is 0 Å². The van der Waals surface area contributed by atoms with Crippen LogP contribution in [0.5, 0.6) is 0 Å². The number of carbonyl (C=O) groups is 2. The maximum atomic E-state index is 11.2. The molecule has 0 aromatic carbocycles. The number of ether oxygens (including phenoxy) is 3. The molecule has 0 spiro atoms. The molecule has 0 N–H and O–H groups in total. The second-order valence-corrected chi connectivity index (χ2v) is 4.45. The Morgan fingerprint density at radius 2 is 2.21 bits per heavy atom. The van der Waals surface area contributed by atoms with Crippen LogP contribution in [0.3, 0.4) is 0 Å². The van der Waals surface area contributed by atoms with E-state index in [4.69, 9.17) is 9.47 Å². The van der Waals surface area contributed by atoms with Gasteiger partial charge in [0, 0.05) is 11.1 Å². The molecule has 1 atom stereocenters. The summed E-state index contributed by atoms with van der Waals surface area (Å²) in [4.78, 5) is 21.4. The summed E-state index contributed by atoms with van der Waals surface area (Å²) in [6.07, 6.45) is 5.13. The highest BCUT2D eigenvalue weighted by atomic mass is 16.6. The van der Waals surface area contributed by atoms with Crippen LogP contribution in [0.25, 0.3) is 0 Å². The zero-order valence-electron chi connectivity index (χ0n) is 11.4. The Hall–Kier alpha value is -1.62. The van der Waals surface area contributed by atoms with Gasteiger partial charge in [-0.1, -0.05) is 12.7 Å². The lowest BCUT2D eigenvalue weighted by Gasteiger charge is -2.01. The van der Waals surface area contributed by atoms with Gasteiger partial charge in [-0.25, -0.2) is 9.59 Å². The smallest absolute Gasteiger partial charge is 0.333 e. The summed E-state index contributed by atoms with van der Waals surface area (Å²) in [6.45, 7) is 6.12. The van der Waals surface area contributed by atoms with E-state index in [0.29, 0.717) is 12.2 Å². The third-order valence-electron chi connectivity index (χ3n) is 2.64. The summed E-state index contributed by atoms with van der Waals surface area (Å²) in [7, 11) is 1.33. The molecule has 0 aromatic rings. The highest BCUT2D eigenvalue weighted by molar-refractivity contribution is 5.88. The Morgan fingerprint density at radius 3 is 2.58 bits per heavy atom. The minimum Gasteiger partial charge on any atom is -0.466 e. The number of esters is 2. The predicted octanol–water partition coefficient (Wildman–Crippen LogP) is 1.77. The predicted molar refractivity (Wildman–Crippen MR) is 69.5 cm³/mol. The first-order chi connectivity index (χ1) is 9.04. The monoisotopic (exact) mass is 268 g/mol. The minimum atomic E-state index is -0.347. The van der Waals surface area contributed by atoms with Gasteiger partial charge >= 0.3 is 11.9 Å². The molecular weight excluding hydrogens is 248 g/mol. The van der Waals surface area contributed by atoms with E-state index in [-0.39, 0.29) is 18.0 Å². The Balaban J connectivity index is 0.000000224. The molecule has 0 bridgehead atoms. The quantitative estimate of drug-likeness (QED) is 0.441. The van der Waals surface area contributed by atoms with E-state index in [9.17, 15) is 9.59 Å². The third-order valence-corrected chi connectivity index (χ3v) is 2.64. The van der Waals surface area contributed by atoms with Gasteiger partial charge in [0.1, 0.15) is 12.7 Å². The average Bonchev–Trinajstić information content (AvgIpc) is 3.07. The molecule has 0 aromatic heterocycles. The Bertz CT molecular complexity index is 379. The van der Waals surface area contributed by atoms with Crippen LogP contribution in [0.15, 0.2) is 23.8 Å². The van der Waals surface area contributed by atoms with Crippen LogP contribution in [0.4, 0.5) is 0 Å². The average molecular weight is 268 g/mol. The van der Waals surface area contributed by atoms with Gasteiger partial charge in [-0.2, -0.15) is 0 Å². The molecule has 1 heterocycles. The molecule has 2 aliphatic rings. The maximum absolute atomic E-state index is 11.2. The Kier molecular flexibility index (Phi) is 6.29. The molecule has 5 nitrogen and oxygen atoms in total. The number of methoxy groups -OCH3 is 1. The standard InChI is InChI=1S/C9H12O3.C5H8O2/c10-9(7-3-1-2-4-7)12-6-8-5-11-8;1-4(2)5(6)7-3/h3,8H,1-2,4-6H2;1H2,2-3H3. The summed E-state index contributed by atoms with van der Waals surface area (Å²) >= 11 is 0. The molecule has 1 saturated heterocycles. The van der Waals surface area contributed by atoms with Crippen LogP contribution in [0.2, 0.25) is 0 Å². The molecule has 0 saturated carbocycles. The molecule has 106 valence electrons. The van der Waals surface area contributed by atoms with Crippen molar-refractivity contribution >= 4 is 11.9 Å². The van der Waals surface area contributed by atoms with Gasteiger partial charge in [0.2, 0.25) is 0 Å². The lowest BCUT2D eigenvalue weighted by atomic mass is 10.2. The minimum absolute atomic E-state index is 0.150. The van der Waals surface area contributed by atoms with Crippen molar-refractivity contribution in [3.8, 4) is 0 Å². The summed E-state index contributed by atoms with van der Waals surface area (Å²) in [5.74, 6) is -0.497. The van der Waals surface area contributed by atoms with Crippen molar-refractivity contribution in [2.75, 3.05) is 20.3 Å². The largest absolute Gasteiger partial charge is 0.466 e. The molecule has 0 radical (unpaired) electrons. The Morgan fingerprint density at radius 1 is 1.53 bits per heavy atom. The SMILES string of the molecule is C=C(C)C(=O)OC.O=C(OCC1CO1)C1=CCCC1. The van der Waals surface area contributed by atoms with Crippen LogP contribution >= 0.6 is 0 Å². The molecule has 1 aliphatic carbocycles. The molecule has 2 rings (SSSR count). The zero-order chi connectivity index (χ0) is 14.3. The fraction of sp³-hybridized carbons (Fsp3) is 0.571. The van der Waals surface area contributed by atoms with Gasteiger partial charge < -0.3 is 14.2 Å². The second kappa shape index (κ2) is 7.74.